The molecule has 1 fully saturated rings. The van der Waals surface area contributed by atoms with Gasteiger partial charge >= 0.3 is 0 Å². The first kappa shape index (κ1) is 11.3. The highest BCUT2D eigenvalue weighted by Crippen LogP contribution is 2.39. The van der Waals surface area contributed by atoms with E-state index in [1.54, 1.807) is 6.20 Å². The predicted octanol–water partition coefficient (Wildman–Crippen LogP) is 2.10. The van der Waals surface area contributed by atoms with Gasteiger partial charge < -0.3 is 10.3 Å². The average molecular weight is 244 g/mol. The topological polar surface area (TPSA) is 77.8 Å². The summed E-state index contributed by atoms with van der Waals surface area (Å²) in [4.78, 5) is 8.71. The zero-order valence-corrected chi connectivity index (χ0v) is 10.3. The Kier molecular flexibility index (Phi) is 2.83. The van der Waals surface area contributed by atoms with Crippen LogP contribution in [0.25, 0.3) is 11.5 Å². The Hall–Kier alpha value is -1.75. The Morgan fingerprint density at radius 3 is 3.06 bits per heavy atom. The maximum atomic E-state index is 6.05. The Balaban J connectivity index is 1.92. The normalized spacial score (nSPS) is 16.8. The lowest BCUT2D eigenvalue weighted by atomic mass is 10.1. The summed E-state index contributed by atoms with van der Waals surface area (Å²) in [6.45, 7) is 2.08. The third kappa shape index (κ3) is 2.01. The van der Waals surface area contributed by atoms with E-state index in [9.17, 15) is 0 Å². The minimum Gasteiger partial charge on any atom is -0.337 e. The molecule has 5 heteroatoms. The summed E-state index contributed by atoms with van der Waals surface area (Å²) in [6, 6.07) is 3.82. The molecular weight excluding hydrogens is 228 g/mol. The molecule has 0 aromatic carbocycles. The van der Waals surface area contributed by atoms with Gasteiger partial charge in [0.05, 0.1) is 6.04 Å². The van der Waals surface area contributed by atoms with Crippen molar-refractivity contribution in [2.75, 3.05) is 0 Å². The average Bonchev–Trinajstić information content (AvgIpc) is 3.15. The number of pyridine rings is 1. The quantitative estimate of drug-likeness (QED) is 0.891. The SMILES string of the molecule is CCc1cccnc1-c1noc(C(N)C2CC2)n1. The van der Waals surface area contributed by atoms with Crippen molar-refractivity contribution in [3.63, 3.8) is 0 Å². The van der Waals surface area contributed by atoms with Crippen molar-refractivity contribution in [3.8, 4) is 11.5 Å². The zero-order chi connectivity index (χ0) is 12.5. The molecule has 5 nitrogen and oxygen atoms in total. The molecule has 0 aliphatic heterocycles. The molecule has 3 rings (SSSR count). The number of aromatic nitrogens is 3. The lowest BCUT2D eigenvalue weighted by Gasteiger charge is -2.02. The van der Waals surface area contributed by atoms with Gasteiger partial charge in [0.25, 0.3) is 0 Å². The molecule has 94 valence electrons. The van der Waals surface area contributed by atoms with Crippen molar-refractivity contribution in [2.24, 2.45) is 11.7 Å². The Bertz CT molecular complexity index is 547. The van der Waals surface area contributed by atoms with Gasteiger partial charge in [-0.15, -0.1) is 0 Å². The molecule has 0 bridgehead atoms. The van der Waals surface area contributed by atoms with Gasteiger partial charge in [0, 0.05) is 6.20 Å². The van der Waals surface area contributed by atoms with Gasteiger partial charge in [-0.1, -0.05) is 18.1 Å². The van der Waals surface area contributed by atoms with Gasteiger partial charge in [0.15, 0.2) is 0 Å². The van der Waals surface area contributed by atoms with Gasteiger partial charge in [-0.05, 0) is 36.8 Å². The summed E-state index contributed by atoms with van der Waals surface area (Å²) < 4.78 is 5.26. The van der Waals surface area contributed by atoms with Crippen LogP contribution < -0.4 is 5.73 Å². The molecule has 0 saturated heterocycles. The summed E-state index contributed by atoms with van der Waals surface area (Å²) in [5.41, 5.74) is 7.95. The second-order valence-corrected chi connectivity index (χ2v) is 4.68. The third-order valence-electron chi connectivity index (χ3n) is 3.34. The monoisotopic (exact) mass is 244 g/mol. The Morgan fingerprint density at radius 2 is 2.33 bits per heavy atom. The fourth-order valence-corrected chi connectivity index (χ4v) is 2.05. The van der Waals surface area contributed by atoms with Gasteiger partial charge in [-0.2, -0.15) is 4.98 Å². The van der Waals surface area contributed by atoms with Crippen LogP contribution in [0.4, 0.5) is 0 Å². The molecule has 1 saturated carbocycles. The van der Waals surface area contributed by atoms with Crippen LogP contribution in [0.5, 0.6) is 0 Å². The van der Waals surface area contributed by atoms with Crippen LogP contribution in [0.1, 0.15) is 37.3 Å². The zero-order valence-electron chi connectivity index (χ0n) is 10.3. The van der Waals surface area contributed by atoms with Crippen LogP contribution in [0.3, 0.4) is 0 Å². The number of hydrogen-bond acceptors (Lipinski definition) is 5. The number of hydrogen-bond donors (Lipinski definition) is 1. The molecule has 1 aliphatic carbocycles. The third-order valence-corrected chi connectivity index (χ3v) is 3.34. The first-order chi connectivity index (χ1) is 8.79. The number of rotatable bonds is 4. The summed E-state index contributed by atoms with van der Waals surface area (Å²) in [7, 11) is 0. The molecule has 0 radical (unpaired) electrons. The predicted molar refractivity (Wildman–Crippen MR) is 66.6 cm³/mol. The molecule has 1 atom stereocenters. The van der Waals surface area contributed by atoms with Gasteiger partial charge in [-0.3, -0.25) is 4.98 Å². The number of aryl methyl sites for hydroxylation is 1. The highest BCUT2D eigenvalue weighted by atomic mass is 16.5. The molecular formula is C13H16N4O. The first-order valence-corrected chi connectivity index (χ1v) is 6.33. The Labute approximate surface area is 105 Å². The molecule has 2 aromatic rings. The van der Waals surface area contributed by atoms with Gasteiger partial charge in [0.2, 0.25) is 11.7 Å². The van der Waals surface area contributed by atoms with Crippen molar-refractivity contribution < 1.29 is 4.52 Å². The van der Waals surface area contributed by atoms with Gasteiger partial charge in [0.1, 0.15) is 5.69 Å². The van der Waals surface area contributed by atoms with Crippen LogP contribution in [0.2, 0.25) is 0 Å². The van der Waals surface area contributed by atoms with E-state index in [0.29, 0.717) is 17.6 Å². The van der Waals surface area contributed by atoms with Crippen molar-refractivity contribution in [1.82, 2.24) is 15.1 Å². The molecule has 1 aliphatic rings. The fraction of sp³-hybridized carbons (Fsp3) is 0.462. The highest BCUT2D eigenvalue weighted by Gasteiger charge is 2.33. The summed E-state index contributed by atoms with van der Waals surface area (Å²) >= 11 is 0. The molecule has 0 spiro atoms. The summed E-state index contributed by atoms with van der Waals surface area (Å²) in [5.74, 6) is 1.58. The molecule has 1 unspecified atom stereocenters. The fourth-order valence-electron chi connectivity index (χ4n) is 2.05. The van der Waals surface area contributed by atoms with E-state index < -0.39 is 0 Å². The second kappa shape index (κ2) is 4.49. The van der Waals surface area contributed by atoms with Crippen LogP contribution >= 0.6 is 0 Å². The van der Waals surface area contributed by atoms with E-state index in [0.717, 1.165) is 30.5 Å². The van der Waals surface area contributed by atoms with E-state index in [1.807, 2.05) is 12.1 Å². The lowest BCUT2D eigenvalue weighted by Crippen LogP contribution is -2.12. The van der Waals surface area contributed by atoms with E-state index in [4.69, 9.17) is 10.3 Å². The van der Waals surface area contributed by atoms with E-state index in [1.165, 1.54) is 0 Å². The smallest absolute Gasteiger partial charge is 0.244 e. The minimum absolute atomic E-state index is 0.125. The van der Waals surface area contributed by atoms with Crippen LogP contribution in [0, 0.1) is 5.92 Å². The molecule has 18 heavy (non-hydrogen) atoms. The van der Waals surface area contributed by atoms with Crippen molar-refractivity contribution in [2.45, 2.75) is 32.2 Å². The largest absolute Gasteiger partial charge is 0.337 e. The number of nitrogens with zero attached hydrogens (tertiary/aromatic N) is 3. The van der Waals surface area contributed by atoms with Crippen LogP contribution in [-0.4, -0.2) is 15.1 Å². The maximum Gasteiger partial charge on any atom is 0.244 e. The lowest BCUT2D eigenvalue weighted by molar-refractivity contribution is 0.343. The van der Waals surface area contributed by atoms with Crippen molar-refractivity contribution >= 4 is 0 Å². The summed E-state index contributed by atoms with van der Waals surface area (Å²) in [5, 5.41) is 4.00. The van der Waals surface area contributed by atoms with Crippen LogP contribution in [0.15, 0.2) is 22.9 Å². The van der Waals surface area contributed by atoms with Crippen molar-refractivity contribution in [1.29, 1.82) is 0 Å². The van der Waals surface area contributed by atoms with Crippen molar-refractivity contribution in [3.05, 3.63) is 29.8 Å². The molecule has 2 aromatic heterocycles. The van der Waals surface area contributed by atoms with E-state index in [-0.39, 0.29) is 6.04 Å². The Morgan fingerprint density at radius 1 is 1.50 bits per heavy atom. The minimum atomic E-state index is -0.125. The molecule has 0 amide bonds. The standard InChI is InChI=1S/C13H16N4O/c1-2-8-4-3-7-15-11(8)12-16-13(18-17-12)10(14)9-5-6-9/h3-4,7,9-10H,2,5-6,14H2,1H3. The maximum absolute atomic E-state index is 6.05. The van der Waals surface area contributed by atoms with Gasteiger partial charge in [-0.25, -0.2) is 0 Å². The number of nitrogens with two attached hydrogens (primary N) is 1. The first-order valence-electron chi connectivity index (χ1n) is 6.33. The van der Waals surface area contributed by atoms with E-state index in [2.05, 4.69) is 22.0 Å². The second-order valence-electron chi connectivity index (χ2n) is 4.68. The highest BCUT2D eigenvalue weighted by molar-refractivity contribution is 5.53. The molecule has 2 N–H and O–H groups in total. The van der Waals surface area contributed by atoms with Crippen LogP contribution in [-0.2, 0) is 6.42 Å². The van der Waals surface area contributed by atoms with E-state index >= 15 is 0 Å². The summed E-state index contributed by atoms with van der Waals surface area (Å²) in [6.07, 6.45) is 4.94. The molecule has 2 heterocycles.